The third-order valence-corrected chi connectivity index (χ3v) is 2.62. The molecule has 1 fully saturated rings. The largest absolute Gasteiger partial charge is 0.464 e. The van der Waals surface area contributed by atoms with Crippen molar-refractivity contribution in [2.24, 2.45) is 5.92 Å². The number of ether oxygens (including phenoxy) is 3. The molecule has 5 nitrogen and oxygen atoms in total. The summed E-state index contributed by atoms with van der Waals surface area (Å²) in [6.45, 7) is 9.41. The Hall–Kier alpha value is -0.910. The van der Waals surface area contributed by atoms with E-state index >= 15 is 0 Å². The molecule has 1 N–H and O–H groups in total. The van der Waals surface area contributed by atoms with Gasteiger partial charge in [0.25, 0.3) is 0 Å². The van der Waals surface area contributed by atoms with E-state index in [9.17, 15) is 9.90 Å². The highest BCUT2D eigenvalue weighted by Gasteiger charge is 2.41. The number of hydrogen-bond acceptors (Lipinski definition) is 5. The number of aliphatic hydroxyl groups excluding tert-OH is 1. The van der Waals surface area contributed by atoms with Crippen molar-refractivity contribution in [3.63, 3.8) is 0 Å². The molecule has 0 radical (unpaired) electrons. The fourth-order valence-electron chi connectivity index (χ4n) is 1.77. The number of aliphatic hydroxyl groups is 1. The molecule has 0 spiro atoms. The van der Waals surface area contributed by atoms with Crippen molar-refractivity contribution in [2.75, 3.05) is 13.2 Å². The van der Waals surface area contributed by atoms with Crippen molar-refractivity contribution in [3.05, 3.63) is 12.7 Å². The summed E-state index contributed by atoms with van der Waals surface area (Å²) >= 11 is 0. The van der Waals surface area contributed by atoms with Crippen molar-refractivity contribution >= 4 is 5.97 Å². The highest BCUT2D eigenvalue weighted by molar-refractivity contribution is 5.75. The number of carbonyl (C=O) groups is 1. The van der Waals surface area contributed by atoms with Crippen molar-refractivity contribution in [2.45, 2.75) is 38.8 Å². The van der Waals surface area contributed by atoms with Gasteiger partial charge in [-0.3, -0.25) is 0 Å². The zero-order valence-electron chi connectivity index (χ0n) is 10.5. The molecule has 1 aliphatic heterocycles. The van der Waals surface area contributed by atoms with E-state index in [4.69, 9.17) is 14.2 Å². The minimum absolute atomic E-state index is 0.229. The van der Waals surface area contributed by atoms with Crippen LogP contribution in [-0.4, -0.2) is 42.3 Å². The van der Waals surface area contributed by atoms with E-state index in [-0.39, 0.29) is 12.7 Å². The molecule has 5 heteroatoms. The average molecular weight is 244 g/mol. The quantitative estimate of drug-likeness (QED) is 0.574. The van der Waals surface area contributed by atoms with E-state index in [0.29, 0.717) is 6.61 Å². The molecule has 1 aliphatic rings. The topological polar surface area (TPSA) is 65.0 Å². The van der Waals surface area contributed by atoms with Gasteiger partial charge in [-0.2, -0.15) is 0 Å². The molecular formula is C12H20O5. The van der Waals surface area contributed by atoms with E-state index in [1.54, 1.807) is 20.8 Å². The van der Waals surface area contributed by atoms with Gasteiger partial charge in [-0.25, -0.2) is 4.79 Å². The lowest BCUT2D eigenvalue weighted by molar-refractivity contribution is -0.164. The summed E-state index contributed by atoms with van der Waals surface area (Å²) in [5.41, 5.74) is 0. The fraction of sp³-hybridized carbons (Fsp3) is 0.750. The van der Waals surface area contributed by atoms with Crippen LogP contribution in [0.2, 0.25) is 0 Å². The summed E-state index contributed by atoms with van der Waals surface area (Å²) in [7, 11) is 0. The average Bonchev–Trinajstić information content (AvgIpc) is 2.60. The van der Waals surface area contributed by atoms with E-state index in [0.717, 1.165) is 0 Å². The maximum absolute atomic E-state index is 11.4. The number of hydrogen-bond donors (Lipinski definition) is 1. The van der Waals surface area contributed by atoms with Crippen LogP contribution in [-0.2, 0) is 19.0 Å². The minimum atomic E-state index is -1.27. The van der Waals surface area contributed by atoms with E-state index in [1.807, 2.05) is 0 Å². The van der Waals surface area contributed by atoms with Crippen LogP contribution < -0.4 is 0 Å². The first-order valence-corrected chi connectivity index (χ1v) is 5.70. The van der Waals surface area contributed by atoms with E-state index in [1.165, 1.54) is 6.08 Å². The van der Waals surface area contributed by atoms with Gasteiger partial charge in [-0.15, -0.1) is 6.58 Å². The Balaban J connectivity index is 2.65. The van der Waals surface area contributed by atoms with Gasteiger partial charge in [0.15, 0.2) is 11.9 Å². The molecule has 0 aromatic carbocycles. The predicted molar refractivity (Wildman–Crippen MR) is 61.2 cm³/mol. The molecule has 0 aromatic heterocycles. The highest BCUT2D eigenvalue weighted by Crippen LogP contribution is 2.29. The smallest absolute Gasteiger partial charge is 0.335 e. The third kappa shape index (κ3) is 3.52. The molecule has 3 atom stereocenters. The van der Waals surface area contributed by atoms with Gasteiger partial charge in [0.05, 0.1) is 19.3 Å². The zero-order valence-corrected chi connectivity index (χ0v) is 10.5. The Morgan fingerprint density at radius 1 is 1.71 bits per heavy atom. The lowest BCUT2D eigenvalue weighted by Gasteiger charge is -2.24. The zero-order chi connectivity index (χ0) is 13.1. The first-order valence-electron chi connectivity index (χ1n) is 5.70. The molecule has 0 amide bonds. The third-order valence-electron chi connectivity index (χ3n) is 2.62. The first-order chi connectivity index (χ1) is 7.91. The number of esters is 1. The van der Waals surface area contributed by atoms with E-state index in [2.05, 4.69) is 6.58 Å². The van der Waals surface area contributed by atoms with Crippen molar-refractivity contribution in [1.82, 2.24) is 0 Å². The van der Waals surface area contributed by atoms with Crippen LogP contribution in [0.3, 0.4) is 0 Å². The first kappa shape index (κ1) is 14.2. The lowest BCUT2D eigenvalue weighted by atomic mass is 9.96. The second-order valence-electron chi connectivity index (χ2n) is 4.38. The van der Waals surface area contributed by atoms with Crippen LogP contribution >= 0.6 is 0 Å². The highest BCUT2D eigenvalue weighted by atomic mass is 16.7. The normalized spacial score (nSPS) is 26.2. The maximum Gasteiger partial charge on any atom is 0.335 e. The molecule has 0 saturated carbocycles. The van der Waals surface area contributed by atoms with Gasteiger partial charge in [-0.1, -0.05) is 6.08 Å². The van der Waals surface area contributed by atoms with Crippen LogP contribution in [0.15, 0.2) is 12.7 Å². The van der Waals surface area contributed by atoms with Crippen LogP contribution in [0.5, 0.6) is 0 Å². The van der Waals surface area contributed by atoms with Crippen molar-refractivity contribution < 1.29 is 24.1 Å². The lowest BCUT2D eigenvalue weighted by Crippen LogP contribution is -2.39. The second-order valence-corrected chi connectivity index (χ2v) is 4.38. The van der Waals surface area contributed by atoms with Gasteiger partial charge in [-0.05, 0) is 20.8 Å². The molecule has 0 aromatic rings. The van der Waals surface area contributed by atoms with Crippen molar-refractivity contribution in [3.8, 4) is 0 Å². The monoisotopic (exact) mass is 244 g/mol. The summed E-state index contributed by atoms with van der Waals surface area (Å²) in [6.07, 6.45) is -0.159. The molecule has 0 unspecified atom stereocenters. The van der Waals surface area contributed by atoms with Crippen LogP contribution in [0.4, 0.5) is 0 Å². The van der Waals surface area contributed by atoms with Gasteiger partial charge >= 0.3 is 5.97 Å². The maximum atomic E-state index is 11.4. The van der Waals surface area contributed by atoms with Gasteiger partial charge < -0.3 is 19.3 Å². The molecule has 0 aliphatic carbocycles. The summed E-state index contributed by atoms with van der Waals surface area (Å²) in [5, 5.41) is 9.86. The standard InChI is InChI=1S/C12H20O5/c1-5-8(10(13)11(14)15-6-2)9-7-16-12(3,4)17-9/h5,8-10,13H,1,6-7H2,2-4H3/t8-,9+,10-/m0/s1. The molecule has 17 heavy (non-hydrogen) atoms. The van der Waals surface area contributed by atoms with Gasteiger partial charge in [0.1, 0.15) is 0 Å². The predicted octanol–water partition coefficient (Wildman–Crippen LogP) is 0.864. The SMILES string of the molecule is C=C[C@H]([C@H](O)C(=O)OCC)[C@H]1COC(C)(C)O1. The van der Waals surface area contributed by atoms with Crippen LogP contribution in [0.1, 0.15) is 20.8 Å². The minimum Gasteiger partial charge on any atom is -0.464 e. The summed E-state index contributed by atoms with van der Waals surface area (Å²) in [5.74, 6) is -1.89. The Morgan fingerprint density at radius 2 is 2.35 bits per heavy atom. The Bertz CT molecular complexity index is 287. The second kappa shape index (κ2) is 5.62. The number of rotatable bonds is 5. The Morgan fingerprint density at radius 3 is 2.76 bits per heavy atom. The van der Waals surface area contributed by atoms with Gasteiger partial charge in [0.2, 0.25) is 0 Å². The summed E-state index contributed by atoms with van der Waals surface area (Å²) < 4.78 is 15.7. The fourth-order valence-corrected chi connectivity index (χ4v) is 1.77. The Labute approximate surface area is 101 Å². The van der Waals surface area contributed by atoms with Crippen molar-refractivity contribution in [1.29, 1.82) is 0 Å². The molecule has 1 saturated heterocycles. The molecule has 98 valence electrons. The summed E-state index contributed by atoms with van der Waals surface area (Å²) in [6, 6.07) is 0. The summed E-state index contributed by atoms with van der Waals surface area (Å²) in [4.78, 5) is 11.4. The molecular weight excluding hydrogens is 224 g/mol. The van der Waals surface area contributed by atoms with Gasteiger partial charge in [0, 0.05) is 5.92 Å². The molecule has 0 bridgehead atoms. The van der Waals surface area contributed by atoms with Crippen LogP contribution in [0.25, 0.3) is 0 Å². The molecule has 1 rings (SSSR count). The van der Waals surface area contributed by atoms with Crippen LogP contribution in [0, 0.1) is 5.92 Å². The molecule has 1 heterocycles. The van der Waals surface area contributed by atoms with E-state index < -0.39 is 23.8 Å². The number of carbonyl (C=O) groups excluding carboxylic acids is 1. The Kier molecular flexibility index (Phi) is 4.68.